The molecular formula is C15H20Cl2S. The highest BCUT2D eigenvalue weighted by atomic mass is 35.5. The Balaban J connectivity index is 2.20. The molecule has 18 heavy (non-hydrogen) atoms. The van der Waals surface area contributed by atoms with Crippen molar-refractivity contribution in [2.24, 2.45) is 11.3 Å². The van der Waals surface area contributed by atoms with Crippen molar-refractivity contribution in [3.05, 3.63) is 29.8 Å². The maximum atomic E-state index is 6.23. The molecule has 0 spiro atoms. The van der Waals surface area contributed by atoms with Gasteiger partial charge in [-0.15, -0.1) is 35.0 Å². The summed E-state index contributed by atoms with van der Waals surface area (Å²) >= 11 is 14.4. The summed E-state index contributed by atoms with van der Waals surface area (Å²) in [6, 6.07) is 8.73. The van der Waals surface area contributed by atoms with Gasteiger partial charge in [0, 0.05) is 27.8 Å². The highest BCUT2D eigenvalue weighted by Crippen LogP contribution is 2.47. The zero-order chi connectivity index (χ0) is 13.2. The van der Waals surface area contributed by atoms with Gasteiger partial charge in [0.15, 0.2) is 0 Å². The fraction of sp³-hybridized carbons (Fsp3) is 0.600. The van der Waals surface area contributed by atoms with Crippen LogP contribution < -0.4 is 0 Å². The maximum Gasteiger partial charge on any atom is 0.0294 e. The molecule has 0 bridgehead atoms. The van der Waals surface area contributed by atoms with Crippen molar-refractivity contribution < 1.29 is 0 Å². The van der Waals surface area contributed by atoms with E-state index in [-0.39, 0.29) is 5.41 Å². The molecule has 1 unspecified atom stereocenters. The lowest BCUT2D eigenvalue weighted by molar-refractivity contribution is 0.226. The van der Waals surface area contributed by atoms with Gasteiger partial charge >= 0.3 is 0 Å². The Morgan fingerprint density at radius 2 is 1.94 bits per heavy atom. The second kappa shape index (κ2) is 6.07. The van der Waals surface area contributed by atoms with Gasteiger partial charge in [-0.1, -0.05) is 32.0 Å². The van der Waals surface area contributed by atoms with Crippen LogP contribution in [0, 0.1) is 11.3 Å². The number of rotatable bonds is 5. The number of hydrogen-bond donors (Lipinski definition) is 0. The minimum absolute atomic E-state index is 0.0613. The van der Waals surface area contributed by atoms with E-state index in [2.05, 4.69) is 38.1 Å². The largest absolute Gasteiger partial charge is 0.126 e. The van der Waals surface area contributed by atoms with E-state index in [0.29, 0.717) is 23.6 Å². The molecule has 1 atom stereocenters. The molecule has 1 aliphatic rings. The Kier molecular flexibility index (Phi) is 4.91. The van der Waals surface area contributed by atoms with Gasteiger partial charge < -0.3 is 0 Å². The second-order valence-corrected chi connectivity index (χ2v) is 7.13. The summed E-state index contributed by atoms with van der Waals surface area (Å²) in [7, 11) is 0. The molecule has 3 heteroatoms. The van der Waals surface area contributed by atoms with Gasteiger partial charge in [-0.25, -0.2) is 0 Å². The molecule has 0 fully saturated rings. The minimum atomic E-state index is 0.0613. The molecule has 0 radical (unpaired) electrons. The summed E-state index contributed by atoms with van der Waals surface area (Å²) < 4.78 is 0. The Labute approximate surface area is 124 Å². The van der Waals surface area contributed by atoms with Gasteiger partial charge in [0.2, 0.25) is 0 Å². The Hall–Kier alpha value is 0.150. The molecule has 0 saturated heterocycles. The van der Waals surface area contributed by atoms with Gasteiger partial charge in [0.05, 0.1) is 0 Å². The van der Waals surface area contributed by atoms with E-state index in [4.69, 9.17) is 23.2 Å². The molecule has 0 saturated carbocycles. The van der Waals surface area contributed by atoms with Crippen molar-refractivity contribution in [2.75, 3.05) is 17.5 Å². The van der Waals surface area contributed by atoms with Crippen LogP contribution in [0.5, 0.6) is 0 Å². The molecule has 1 aliphatic heterocycles. The predicted molar refractivity (Wildman–Crippen MR) is 83.2 cm³/mol. The molecule has 0 nitrogen and oxygen atoms in total. The molecule has 1 aromatic rings. The monoisotopic (exact) mass is 302 g/mol. The first-order chi connectivity index (χ1) is 8.63. The number of hydrogen-bond acceptors (Lipinski definition) is 1. The Bertz CT molecular complexity index is 399. The van der Waals surface area contributed by atoms with Crippen LogP contribution >= 0.6 is 35.0 Å². The average Bonchev–Trinajstić information content (AvgIpc) is 2.79. The molecule has 0 aliphatic carbocycles. The lowest BCUT2D eigenvalue weighted by Gasteiger charge is -2.36. The quantitative estimate of drug-likeness (QED) is 0.657. The molecule has 100 valence electrons. The molecule has 1 aromatic carbocycles. The van der Waals surface area contributed by atoms with E-state index >= 15 is 0 Å². The van der Waals surface area contributed by atoms with Crippen molar-refractivity contribution in [3.8, 4) is 0 Å². The summed E-state index contributed by atoms with van der Waals surface area (Å²) in [5, 5.41) is 0. The van der Waals surface area contributed by atoms with Gasteiger partial charge in [-0.3, -0.25) is 0 Å². The van der Waals surface area contributed by atoms with Crippen molar-refractivity contribution >= 4 is 35.0 Å². The van der Waals surface area contributed by atoms with Gasteiger partial charge in [0.25, 0.3) is 0 Å². The highest BCUT2D eigenvalue weighted by molar-refractivity contribution is 7.99. The van der Waals surface area contributed by atoms with Crippen LogP contribution in [-0.2, 0) is 0 Å². The zero-order valence-corrected chi connectivity index (χ0v) is 13.3. The number of thioether (sulfide) groups is 1. The van der Waals surface area contributed by atoms with Crippen LogP contribution in [0.15, 0.2) is 29.2 Å². The lowest BCUT2D eigenvalue weighted by Crippen LogP contribution is -2.33. The third-order valence-corrected chi connectivity index (χ3v) is 6.53. The van der Waals surface area contributed by atoms with E-state index in [0.717, 1.165) is 6.42 Å². The third-order valence-electron chi connectivity index (χ3n) is 4.21. The molecule has 0 N–H and O–H groups in total. The van der Waals surface area contributed by atoms with Crippen LogP contribution in [0.3, 0.4) is 0 Å². The Morgan fingerprint density at radius 3 is 2.56 bits per heavy atom. The number of fused-ring (bicyclic) bond motifs is 1. The molecule has 1 heterocycles. The van der Waals surface area contributed by atoms with Crippen LogP contribution in [0.2, 0.25) is 0 Å². The summed E-state index contributed by atoms with van der Waals surface area (Å²) in [5.41, 5.74) is 1.55. The van der Waals surface area contributed by atoms with Gasteiger partial charge in [0.1, 0.15) is 0 Å². The highest BCUT2D eigenvalue weighted by Gasteiger charge is 2.37. The molecular weight excluding hydrogens is 283 g/mol. The van der Waals surface area contributed by atoms with E-state index in [9.17, 15) is 0 Å². The van der Waals surface area contributed by atoms with E-state index in [1.165, 1.54) is 16.2 Å². The van der Waals surface area contributed by atoms with Crippen molar-refractivity contribution in [3.63, 3.8) is 0 Å². The first-order valence-corrected chi connectivity index (χ1v) is 8.52. The normalized spacial score (nSPS) is 19.3. The SMILES string of the molecule is CC(C)C(CCl)(CCl)CC1CSc2ccccc21. The van der Waals surface area contributed by atoms with E-state index in [1.54, 1.807) is 0 Å². The topological polar surface area (TPSA) is 0 Å². The van der Waals surface area contributed by atoms with Crippen molar-refractivity contribution in [1.29, 1.82) is 0 Å². The summed E-state index contributed by atoms with van der Waals surface area (Å²) in [6.07, 6.45) is 1.10. The second-order valence-electron chi connectivity index (χ2n) is 5.53. The zero-order valence-electron chi connectivity index (χ0n) is 11.0. The van der Waals surface area contributed by atoms with Crippen LogP contribution in [0.4, 0.5) is 0 Å². The van der Waals surface area contributed by atoms with Gasteiger partial charge in [-0.2, -0.15) is 0 Å². The summed E-state index contributed by atoms with van der Waals surface area (Å²) in [5.74, 6) is 3.59. The van der Waals surface area contributed by atoms with E-state index in [1.807, 2.05) is 11.8 Å². The molecule has 2 rings (SSSR count). The fourth-order valence-corrected chi connectivity index (χ4v) is 4.95. The summed E-state index contributed by atoms with van der Waals surface area (Å²) in [4.78, 5) is 1.43. The van der Waals surface area contributed by atoms with Crippen molar-refractivity contribution in [2.45, 2.75) is 31.1 Å². The molecule has 0 aromatic heterocycles. The molecule has 0 amide bonds. The Morgan fingerprint density at radius 1 is 1.28 bits per heavy atom. The smallest absolute Gasteiger partial charge is 0.0294 e. The van der Waals surface area contributed by atoms with Crippen LogP contribution in [-0.4, -0.2) is 17.5 Å². The van der Waals surface area contributed by atoms with E-state index < -0.39 is 0 Å². The van der Waals surface area contributed by atoms with Crippen molar-refractivity contribution in [1.82, 2.24) is 0 Å². The number of halogens is 2. The first kappa shape index (κ1) is 14.6. The summed E-state index contributed by atoms with van der Waals surface area (Å²) in [6.45, 7) is 4.47. The minimum Gasteiger partial charge on any atom is -0.126 e. The maximum absolute atomic E-state index is 6.23. The lowest BCUT2D eigenvalue weighted by atomic mass is 9.73. The number of alkyl halides is 2. The third kappa shape index (κ3) is 2.69. The number of benzene rings is 1. The first-order valence-electron chi connectivity index (χ1n) is 6.46. The average molecular weight is 303 g/mol. The van der Waals surface area contributed by atoms with Crippen LogP contribution in [0.25, 0.3) is 0 Å². The predicted octanol–water partition coefficient (Wildman–Crippen LogP) is 5.39. The fourth-order valence-electron chi connectivity index (χ4n) is 2.58. The van der Waals surface area contributed by atoms with Crippen LogP contribution in [0.1, 0.15) is 31.7 Å². The van der Waals surface area contributed by atoms with Gasteiger partial charge in [-0.05, 0) is 29.9 Å². The standard InChI is InChI=1S/C15H20Cl2S/c1-11(2)15(9-16,10-17)7-12-8-18-14-6-4-3-5-13(12)14/h3-6,11-12H,7-10H2,1-2H3.